The van der Waals surface area contributed by atoms with E-state index in [9.17, 15) is 4.79 Å². The first-order valence-electron chi connectivity index (χ1n) is 11.2. The average molecular weight is 443 g/mol. The SMILES string of the molecule is COc1cccc(OC)c1/C=C/C(=O)N1CCN(C(c2ccccc2)c2ccccc2)CC1. The van der Waals surface area contributed by atoms with Crippen molar-refractivity contribution in [3.8, 4) is 11.5 Å². The highest BCUT2D eigenvalue weighted by Gasteiger charge is 2.27. The Morgan fingerprint density at radius 1 is 0.758 bits per heavy atom. The maximum atomic E-state index is 12.9. The van der Waals surface area contributed by atoms with Crippen LogP contribution in [0.15, 0.2) is 84.9 Å². The van der Waals surface area contributed by atoms with Gasteiger partial charge in [0.25, 0.3) is 0 Å². The third-order valence-corrected chi connectivity index (χ3v) is 6.08. The van der Waals surface area contributed by atoms with E-state index in [2.05, 4.69) is 53.4 Å². The van der Waals surface area contributed by atoms with Gasteiger partial charge in [0.05, 0.1) is 25.8 Å². The minimum Gasteiger partial charge on any atom is -0.496 e. The van der Waals surface area contributed by atoms with Crippen LogP contribution in [0.1, 0.15) is 22.7 Å². The molecule has 170 valence electrons. The van der Waals surface area contributed by atoms with Crippen LogP contribution in [-0.4, -0.2) is 56.1 Å². The summed E-state index contributed by atoms with van der Waals surface area (Å²) < 4.78 is 10.9. The lowest BCUT2D eigenvalue weighted by Crippen LogP contribution is -2.49. The van der Waals surface area contributed by atoms with Crippen LogP contribution >= 0.6 is 0 Å². The molecule has 3 aromatic carbocycles. The minimum absolute atomic E-state index is 0.00131. The predicted octanol–water partition coefficient (Wildman–Crippen LogP) is 4.65. The predicted molar refractivity (Wildman–Crippen MR) is 131 cm³/mol. The second kappa shape index (κ2) is 10.8. The number of nitrogens with zero attached hydrogens (tertiary/aromatic N) is 2. The molecule has 5 nitrogen and oxygen atoms in total. The molecule has 33 heavy (non-hydrogen) atoms. The van der Waals surface area contributed by atoms with E-state index in [1.807, 2.05) is 35.2 Å². The molecule has 0 aromatic heterocycles. The number of carbonyl (C=O) groups is 1. The number of benzene rings is 3. The first-order valence-corrected chi connectivity index (χ1v) is 11.2. The highest BCUT2D eigenvalue weighted by molar-refractivity contribution is 5.92. The maximum Gasteiger partial charge on any atom is 0.246 e. The molecule has 0 unspecified atom stereocenters. The second-order valence-electron chi connectivity index (χ2n) is 7.99. The van der Waals surface area contributed by atoms with Crippen molar-refractivity contribution in [2.24, 2.45) is 0 Å². The summed E-state index contributed by atoms with van der Waals surface area (Å²) in [6.45, 7) is 2.99. The summed E-state index contributed by atoms with van der Waals surface area (Å²) in [5.41, 5.74) is 3.31. The monoisotopic (exact) mass is 442 g/mol. The lowest BCUT2D eigenvalue weighted by atomic mass is 9.96. The topological polar surface area (TPSA) is 42.0 Å². The lowest BCUT2D eigenvalue weighted by molar-refractivity contribution is -0.127. The Labute approximate surface area is 195 Å². The molecule has 1 amide bonds. The summed E-state index contributed by atoms with van der Waals surface area (Å²) >= 11 is 0. The molecule has 1 aliphatic rings. The summed E-state index contributed by atoms with van der Waals surface area (Å²) in [4.78, 5) is 17.3. The molecule has 0 saturated carbocycles. The van der Waals surface area contributed by atoms with Gasteiger partial charge in [-0.2, -0.15) is 0 Å². The Morgan fingerprint density at radius 3 is 1.76 bits per heavy atom. The van der Waals surface area contributed by atoms with Crippen molar-refractivity contribution in [3.05, 3.63) is 102 Å². The third kappa shape index (κ3) is 5.26. The van der Waals surface area contributed by atoms with Crippen LogP contribution in [0.3, 0.4) is 0 Å². The molecule has 0 spiro atoms. The summed E-state index contributed by atoms with van der Waals surface area (Å²) in [7, 11) is 3.23. The van der Waals surface area contributed by atoms with Crippen LogP contribution in [-0.2, 0) is 4.79 Å². The Hall–Kier alpha value is -3.57. The fourth-order valence-electron chi connectivity index (χ4n) is 4.39. The maximum absolute atomic E-state index is 12.9. The summed E-state index contributed by atoms with van der Waals surface area (Å²) in [5, 5.41) is 0. The number of carbonyl (C=O) groups excluding carboxylic acids is 1. The molecule has 4 rings (SSSR count). The van der Waals surface area contributed by atoms with E-state index in [0.29, 0.717) is 24.6 Å². The van der Waals surface area contributed by atoms with Crippen LogP contribution in [0.25, 0.3) is 6.08 Å². The van der Waals surface area contributed by atoms with E-state index < -0.39 is 0 Å². The van der Waals surface area contributed by atoms with Crippen LogP contribution < -0.4 is 9.47 Å². The van der Waals surface area contributed by atoms with Crippen molar-refractivity contribution < 1.29 is 14.3 Å². The standard InChI is InChI=1S/C28H30N2O3/c1-32-25-14-9-15-26(33-2)24(25)16-17-27(31)29-18-20-30(21-19-29)28(22-10-5-3-6-11-22)23-12-7-4-8-13-23/h3-17,28H,18-21H2,1-2H3/b17-16+. The fraction of sp³-hybridized carbons (Fsp3) is 0.250. The van der Waals surface area contributed by atoms with Gasteiger partial charge in [-0.15, -0.1) is 0 Å². The van der Waals surface area contributed by atoms with Crippen LogP contribution in [0.5, 0.6) is 11.5 Å². The van der Waals surface area contributed by atoms with Gasteiger partial charge < -0.3 is 14.4 Å². The van der Waals surface area contributed by atoms with Crippen molar-refractivity contribution in [2.45, 2.75) is 6.04 Å². The number of methoxy groups -OCH3 is 2. The molecular formula is C28H30N2O3. The molecule has 1 heterocycles. The Kier molecular flexibility index (Phi) is 7.43. The molecule has 5 heteroatoms. The molecule has 1 fully saturated rings. The molecule has 1 saturated heterocycles. The fourth-order valence-corrected chi connectivity index (χ4v) is 4.39. The van der Waals surface area contributed by atoms with E-state index in [-0.39, 0.29) is 11.9 Å². The quantitative estimate of drug-likeness (QED) is 0.500. The molecular weight excluding hydrogens is 412 g/mol. The molecule has 0 atom stereocenters. The summed E-state index contributed by atoms with van der Waals surface area (Å²) in [5.74, 6) is 1.35. The van der Waals surface area contributed by atoms with Crippen LogP contribution in [0, 0.1) is 0 Å². The lowest BCUT2D eigenvalue weighted by Gasteiger charge is -2.39. The summed E-state index contributed by atoms with van der Waals surface area (Å²) in [6.07, 6.45) is 3.39. The number of hydrogen-bond donors (Lipinski definition) is 0. The van der Waals surface area contributed by atoms with E-state index in [4.69, 9.17) is 9.47 Å². The van der Waals surface area contributed by atoms with E-state index in [1.165, 1.54) is 11.1 Å². The van der Waals surface area contributed by atoms with Gasteiger partial charge in [-0.1, -0.05) is 66.7 Å². The first kappa shape index (κ1) is 22.6. The third-order valence-electron chi connectivity index (χ3n) is 6.08. The Morgan fingerprint density at radius 2 is 1.27 bits per heavy atom. The van der Waals surface area contributed by atoms with Crippen molar-refractivity contribution >= 4 is 12.0 Å². The minimum atomic E-state index is -0.00131. The zero-order chi connectivity index (χ0) is 23.0. The van der Waals surface area contributed by atoms with Gasteiger partial charge in [0, 0.05) is 32.3 Å². The number of rotatable bonds is 7. The molecule has 0 radical (unpaired) electrons. The molecule has 0 aliphatic carbocycles. The van der Waals surface area contributed by atoms with Gasteiger partial charge in [0.2, 0.25) is 5.91 Å². The van der Waals surface area contributed by atoms with Crippen molar-refractivity contribution in [1.29, 1.82) is 0 Å². The van der Waals surface area contributed by atoms with Crippen LogP contribution in [0.4, 0.5) is 0 Å². The van der Waals surface area contributed by atoms with E-state index >= 15 is 0 Å². The zero-order valence-electron chi connectivity index (χ0n) is 19.2. The normalized spacial score (nSPS) is 14.6. The average Bonchev–Trinajstić information content (AvgIpc) is 2.89. The largest absolute Gasteiger partial charge is 0.496 e. The van der Waals surface area contributed by atoms with Gasteiger partial charge in [-0.05, 0) is 29.3 Å². The van der Waals surface area contributed by atoms with Gasteiger partial charge in [-0.25, -0.2) is 0 Å². The van der Waals surface area contributed by atoms with Crippen molar-refractivity contribution in [2.75, 3.05) is 40.4 Å². The number of piperazine rings is 1. The van der Waals surface area contributed by atoms with Gasteiger partial charge >= 0.3 is 0 Å². The van der Waals surface area contributed by atoms with Crippen molar-refractivity contribution in [3.63, 3.8) is 0 Å². The van der Waals surface area contributed by atoms with Gasteiger partial charge in [-0.3, -0.25) is 9.69 Å². The van der Waals surface area contributed by atoms with Crippen LogP contribution in [0.2, 0.25) is 0 Å². The van der Waals surface area contributed by atoms with Gasteiger partial charge in [0.1, 0.15) is 11.5 Å². The van der Waals surface area contributed by atoms with E-state index in [1.54, 1.807) is 26.4 Å². The molecule has 1 aliphatic heterocycles. The molecule has 0 bridgehead atoms. The van der Waals surface area contributed by atoms with E-state index in [0.717, 1.165) is 18.7 Å². The zero-order valence-corrected chi connectivity index (χ0v) is 19.2. The summed E-state index contributed by atoms with van der Waals surface area (Å²) in [6, 6.07) is 26.9. The first-order chi connectivity index (χ1) is 16.2. The van der Waals surface area contributed by atoms with Crippen molar-refractivity contribution in [1.82, 2.24) is 9.80 Å². The number of amides is 1. The molecule has 0 N–H and O–H groups in total. The second-order valence-corrected chi connectivity index (χ2v) is 7.99. The highest BCUT2D eigenvalue weighted by atomic mass is 16.5. The molecule has 3 aromatic rings. The van der Waals surface area contributed by atoms with Gasteiger partial charge in [0.15, 0.2) is 0 Å². The Bertz CT molecular complexity index is 1010. The number of hydrogen-bond acceptors (Lipinski definition) is 4. The number of ether oxygens (including phenoxy) is 2. The Balaban J connectivity index is 1.46. The highest BCUT2D eigenvalue weighted by Crippen LogP contribution is 2.31. The smallest absolute Gasteiger partial charge is 0.246 e.